The van der Waals surface area contributed by atoms with Gasteiger partial charge in [-0.1, -0.05) is 0 Å². The van der Waals surface area contributed by atoms with Gasteiger partial charge in [-0.15, -0.1) is 0 Å². The molecule has 2 N–H and O–H groups in total. The zero-order valence-electron chi connectivity index (χ0n) is 10.5. The molecule has 0 atom stereocenters. The Labute approximate surface area is 96.7 Å². The van der Waals surface area contributed by atoms with E-state index in [1.54, 1.807) is 37.5 Å². The van der Waals surface area contributed by atoms with Crippen molar-refractivity contribution in [1.29, 1.82) is 0 Å². The molecule has 94 valence electrons. The molecule has 1 rings (SSSR count). The van der Waals surface area contributed by atoms with E-state index in [0.29, 0.717) is 26.2 Å². The van der Waals surface area contributed by atoms with Gasteiger partial charge in [0, 0.05) is 13.1 Å². The fourth-order valence-electron chi connectivity index (χ4n) is 1.86. The zero-order chi connectivity index (χ0) is 12.6. The van der Waals surface area contributed by atoms with Gasteiger partial charge in [-0.25, -0.2) is 4.79 Å². The van der Waals surface area contributed by atoms with Crippen LogP contribution in [0.1, 0.15) is 27.7 Å². The fraction of sp³-hybridized carbons (Fsp3) is 0.909. The smallest absolute Gasteiger partial charge is 0.320 e. The highest BCUT2D eigenvalue weighted by Crippen LogP contribution is 2.16. The third-order valence-corrected chi connectivity index (χ3v) is 2.34. The summed E-state index contributed by atoms with van der Waals surface area (Å²) in [7, 11) is 0. The van der Waals surface area contributed by atoms with Crippen molar-refractivity contribution >= 4 is 6.03 Å². The number of aliphatic hydroxyl groups is 2. The highest BCUT2D eigenvalue weighted by Gasteiger charge is 2.34. The molecule has 5 heteroatoms. The maximum absolute atomic E-state index is 11.9. The average molecular weight is 230 g/mol. The van der Waals surface area contributed by atoms with E-state index in [1.165, 1.54) is 0 Å². The summed E-state index contributed by atoms with van der Waals surface area (Å²) in [5.74, 6) is 0. The highest BCUT2D eigenvalue weighted by molar-refractivity contribution is 5.76. The molecular formula is C11H22N2O3. The molecule has 16 heavy (non-hydrogen) atoms. The molecule has 2 amide bonds. The molecule has 0 aromatic carbocycles. The molecular weight excluding hydrogens is 208 g/mol. The van der Waals surface area contributed by atoms with Crippen molar-refractivity contribution in [1.82, 2.24) is 9.80 Å². The number of rotatable bonds is 4. The van der Waals surface area contributed by atoms with Crippen LogP contribution in [0.25, 0.3) is 0 Å². The maximum Gasteiger partial charge on any atom is 0.320 e. The third kappa shape index (κ3) is 3.98. The lowest BCUT2D eigenvalue weighted by Gasteiger charge is -2.27. The van der Waals surface area contributed by atoms with E-state index in [0.717, 1.165) is 0 Å². The first-order valence-electron chi connectivity index (χ1n) is 5.57. The zero-order valence-corrected chi connectivity index (χ0v) is 10.5. The van der Waals surface area contributed by atoms with Crippen LogP contribution < -0.4 is 0 Å². The number of urea groups is 1. The van der Waals surface area contributed by atoms with Gasteiger partial charge in [0.1, 0.15) is 0 Å². The van der Waals surface area contributed by atoms with Gasteiger partial charge in [0.25, 0.3) is 0 Å². The Morgan fingerprint density at radius 1 is 1.00 bits per heavy atom. The molecule has 0 unspecified atom stereocenters. The second kappa shape index (κ2) is 4.22. The van der Waals surface area contributed by atoms with Crippen molar-refractivity contribution in [2.24, 2.45) is 0 Å². The van der Waals surface area contributed by atoms with E-state index in [1.807, 2.05) is 0 Å². The van der Waals surface area contributed by atoms with E-state index in [9.17, 15) is 15.0 Å². The Kier molecular flexibility index (Phi) is 3.50. The Morgan fingerprint density at radius 2 is 1.31 bits per heavy atom. The molecule has 1 saturated heterocycles. The van der Waals surface area contributed by atoms with Gasteiger partial charge in [-0.05, 0) is 27.7 Å². The van der Waals surface area contributed by atoms with Crippen molar-refractivity contribution in [3.05, 3.63) is 0 Å². The van der Waals surface area contributed by atoms with Gasteiger partial charge in [-0.3, -0.25) is 0 Å². The normalized spacial score (nSPS) is 18.5. The van der Waals surface area contributed by atoms with Crippen LogP contribution in [0.4, 0.5) is 4.79 Å². The Hall–Kier alpha value is -0.810. The monoisotopic (exact) mass is 230 g/mol. The van der Waals surface area contributed by atoms with Crippen LogP contribution in [0.15, 0.2) is 0 Å². The minimum atomic E-state index is -0.875. The largest absolute Gasteiger partial charge is 0.389 e. The third-order valence-electron chi connectivity index (χ3n) is 2.34. The number of nitrogens with zero attached hydrogens (tertiary/aromatic N) is 2. The lowest BCUT2D eigenvalue weighted by Crippen LogP contribution is -2.44. The molecule has 0 aliphatic carbocycles. The minimum absolute atomic E-state index is 0.107. The first kappa shape index (κ1) is 13.3. The molecule has 0 radical (unpaired) electrons. The number of carbonyl (C=O) groups is 1. The summed E-state index contributed by atoms with van der Waals surface area (Å²) in [5, 5.41) is 19.3. The predicted molar refractivity (Wildman–Crippen MR) is 61.1 cm³/mol. The quantitative estimate of drug-likeness (QED) is 0.728. The number of amides is 2. The number of carbonyl (C=O) groups excluding carboxylic acids is 1. The lowest BCUT2D eigenvalue weighted by molar-refractivity contribution is 0.0428. The molecule has 1 fully saturated rings. The topological polar surface area (TPSA) is 64.0 Å². The molecule has 0 aromatic heterocycles. The second-order valence-corrected chi connectivity index (χ2v) is 5.75. The SMILES string of the molecule is CC(C)(O)CN1CCN(CC(C)(C)O)C1=O. The highest BCUT2D eigenvalue weighted by atomic mass is 16.3. The molecule has 5 nitrogen and oxygen atoms in total. The fourth-order valence-corrected chi connectivity index (χ4v) is 1.86. The maximum atomic E-state index is 11.9. The first-order valence-corrected chi connectivity index (χ1v) is 5.57. The Balaban J connectivity index is 2.55. The van der Waals surface area contributed by atoms with Crippen LogP contribution in [0.3, 0.4) is 0 Å². The van der Waals surface area contributed by atoms with Crippen LogP contribution in [0, 0.1) is 0 Å². The molecule has 0 bridgehead atoms. The van der Waals surface area contributed by atoms with Crippen molar-refractivity contribution < 1.29 is 15.0 Å². The number of β-amino-alcohol motifs (C(OH)–C–C–N with tert-alkyl or cyclic N) is 2. The summed E-state index contributed by atoms with van der Waals surface area (Å²) in [6, 6.07) is -0.107. The second-order valence-electron chi connectivity index (χ2n) is 5.75. The van der Waals surface area contributed by atoms with Crippen molar-refractivity contribution in [2.45, 2.75) is 38.9 Å². The van der Waals surface area contributed by atoms with Gasteiger partial charge in [0.2, 0.25) is 0 Å². The van der Waals surface area contributed by atoms with Gasteiger partial charge in [0.15, 0.2) is 0 Å². The Bertz CT molecular complexity index is 239. The molecule has 1 aliphatic heterocycles. The first-order chi connectivity index (χ1) is 7.08. The van der Waals surface area contributed by atoms with Crippen molar-refractivity contribution in [2.75, 3.05) is 26.2 Å². The molecule has 1 heterocycles. The van der Waals surface area contributed by atoms with E-state index in [-0.39, 0.29) is 6.03 Å². The van der Waals surface area contributed by atoms with E-state index in [4.69, 9.17) is 0 Å². The summed E-state index contributed by atoms with van der Waals surface area (Å²) in [6.07, 6.45) is 0. The molecule has 0 aromatic rings. The van der Waals surface area contributed by atoms with Crippen LogP contribution in [-0.2, 0) is 0 Å². The van der Waals surface area contributed by atoms with Crippen molar-refractivity contribution in [3.63, 3.8) is 0 Å². The van der Waals surface area contributed by atoms with Crippen molar-refractivity contribution in [3.8, 4) is 0 Å². The number of hydrogen-bond acceptors (Lipinski definition) is 3. The summed E-state index contributed by atoms with van der Waals surface area (Å²) in [4.78, 5) is 15.1. The van der Waals surface area contributed by atoms with E-state index in [2.05, 4.69) is 0 Å². The standard InChI is InChI=1S/C11H22N2O3/c1-10(2,15)7-12-5-6-13(9(12)14)8-11(3,4)16/h15-16H,5-8H2,1-4H3. The molecule has 0 spiro atoms. The summed E-state index contributed by atoms with van der Waals surface area (Å²) < 4.78 is 0. The van der Waals surface area contributed by atoms with E-state index >= 15 is 0 Å². The summed E-state index contributed by atoms with van der Waals surface area (Å²) in [6.45, 7) is 8.59. The summed E-state index contributed by atoms with van der Waals surface area (Å²) in [5.41, 5.74) is -1.75. The van der Waals surface area contributed by atoms with E-state index < -0.39 is 11.2 Å². The van der Waals surface area contributed by atoms with Gasteiger partial charge in [0.05, 0.1) is 24.3 Å². The molecule has 0 saturated carbocycles. The van der Waals surface area contributed by atoms with Gasteiger partial charge < -0.3 is 20.0 Å². The minimum Gasteiger partial charge on any atom is -0.389 e. The van der Waals surface area contributed by atoms with Crippen LogP contribution in [0.5, 0.6) is 0 Å². The Morgan fingerprint density at radius 3 is 1.56 bits per heavy atom. The predicted octanol–water partition coefficient (Wildman–Crippen LogP) is 0.266. The van der Waals surface area contributed by atoms with Gasteiger partial charge in [-0.2, -0.15) is 0 Å². The van der Waals surface area contributed by atoms with Crippen LogP contribution in [0.2, 0.25) is 0 Å². The van der Waals surface area contributed by atoms with Crippen LogP contribution >= 0.6 is 0 Å². The number of hydrogen-bond donors (Lipinski definition) is 2. The average Bonchev–Trinajstić information content (AvgIpc) is 2.30. The van der Waals surface area contributed by atoms with Gasteiger partial charge >= 0.3 is 6.03 Å². The molecule has 1 aliphatic rings. The lowest BCUT2D eigenvalue weighted by atomic mass is 10.1. The van der Waals surface area contributed by atoms with Crippen LogP contribution in [-0.4, -0.2) is 63.4 Å². The summed E-state index contributed by atoms with van der Waals surface area (Å²) >= 11 is 0.